The molecule has 0 aromatic carbocycles. The monoisotopic (exact) mass is 356 g/mol. The fraction of sp³-hybridized carbons (Fsp3) is 0.778. The summed E-state index contributed by atoms with van der Waals surface area (Å²) in [4.78, 5) is 19.6. The molecule has 0 heterocycles. The lowest BCUT2D eigenvalue weighted by molar-refractivity contribution is -0.109. The van der Waals surface area contributed by atoms with Crippen molar-refractivity contribution in [2.45, 2.75) is 0 Å². The van der Waals surface area contributed by atoms with Gasteiger partial charge in [0, 0.05) is 35.1 Å². The smallest absolute Gasteiger partial charge is 0.336 e. The molecule has 0 aliphatic carbocycles. The lowest BCUT2D eigenvalue weighted by Crippen LogP contribution is -2.06. The molecule has 0 atom stereocenters. The highest BCUT2D eigenvalue weighted by Gasteiger charge is 2.22. The van der Waals surface area contributed by atoms with Crippen molar-refractivity contribution in [2.24, 2.45) is 0 Å². The molecule has 0 unspecified atom stereocenters. The SMILES string of the molecule is COP(C)(=O)OC.[B]C(=O)CP(=O)(OC)OC.[B]C(=O)OC. The molecule has 0 N–H and O–H groups in total. The summed E-state index contributed by atoms with van der Waals surface area (Å²) in [6.07, 6.45) is -0.375. The molecule has 0 aliphatic heterocycles. The standard InChI is InChI=1S/C4H8BO4P.C3H9O3P.C2H3BO2/c1-8-10(7,9-2)3-4(5)6;1-5-7(3,4)6-2;1-5-2(3)4/h3H2,1-2H3;1-3H3;1H3. The van der Waals surface area contributed by atoms with E-state index in [2.05, 4.69) is 30.7 Å². The van der Waals surface area contributed by atoms with Gasteiger partial charge in [-0.15, -0.1) is 0 Å². The minimum absolute atomic E-state index is 0.375. The lowest BCUT2D eigenvalue weighted by Gasteiger charge is -2.10. The fourth-order valence-electron chi connectivity index (χ4n) is 0.469. The minimum atomic E-state index is -3.21. The summed E-state index contributed by atoms with van der Waals surface area (Å²) in [5.74, 6) is -0.745. The van der Waals surface area contributed by atoms with Gasteiger partial charge in [-0.05, 0) is 0 Å². The van der Waals surface area contributed by atoms with E-state index in [1.807, 2.05) is 0 Å². The van der Waals surface area contributed by atoms with Crippen LogP contribution in [0, 0.1) is 0 Å². The molecule has 126 valence electrons. The molecule has 0 saturated heterocycles. The maximum Gasteiger partial charge on any atom is 0.336 e. The zero-order chi connectivity index (χ0) is 18.4. The Morgan fingerprint density at radius 3 is 1.23 bits per heavy atom. The Kier molecular flexibility index (Phi) is 17.1. The van der Waals surface area contributed by atoms with Gasteiger partial charge in [0.05, 0.1) is 19.0 Å². The van der Waals surface area contributed by atoms with Crippen molar-refractivity contribution >= 4 is 42.4 Å². The number of carbonyl (C=O) groups is 2. The van der Waals surface area contributed by atoms with Crippen molar-refractivity contribution in [3.05, 3.63) is 0 Å². The van der Waals surface area contributed by atoms with Crippen LogP contribution in [0.1, 0.15) is 0 Å². The van der Waals surface area contributed by atoms with Crippen LogP contribution in [0.2, 0.25) is 0 Å². The number of hydrogen-bond donors (Lipinski definition) is 0. The van der Waals surface area contributed by atoms with Crippen LogP contribution in [0.5, 0.6) is 0 Å². The largest absolute Gasteiger partial charge is 0.478 e. The first-order valence-electron chi connectivity index (χ1n) is 5.44. The maximum atomic E-state index is 11.0. The van der Waals surface area contributed by atoms with Crippen LogP contribution in [-0.4, -0.2) is 75.6 Å². The molecule has 4 radical (unpaired) electrons. The number of methoxy groups -OCH3 is 1. The topological polar surface area (TPSA) is 114 Å². The molecule has 0 aromatic heterocycles. The van der Waals surface area contributed by atoms with Crippen molar-refractivity contribution in [1.82, 2.24) is 0 Å². The molecule has 0 spiro atoms. The molecule has 13 heteroatoms. The Hall–Kier alpha value is -0.430. The van der Waals surface area contributed by atoms with Crippen molar-refractivity contribution < 1.29 is 41.6 Å². The second-order valence-electron chi connectivity index (χ2n) is 3.26. The van der Waals surface area contributed by atoms with E-state index in [1.165, 1.54) is 42.2 Å². The van der Waals surface area contributed by atoms with Gasteiger partial charge in [0.1, 0.15) is 0 Å². The Balaban J connectivity index is -0.000000263. The Labute approximate surface area is 133 Å². The molecule has 0 amide bonds. The molecule has 0 saturated carbocycles. The number of hydrogen-bond acceptors (Lipinski definition) is 9. The second kappa shape index (κ2) is 14.2. The molecule has 0 rings (SSSR count). The van der Waals surface area contributed by atoms with Crippen LogP contribution in [0.15, 0.2) is 0 Å². The average Bonchev–Trinajstić information content (AvgIpc) is 2.47. The van der Waals surface area contributed by atoms with Gasteiger partial charge in [0.2, 0.25) is 13.7 Å². The predicted molar refractivity (Wildman–Crippen MR) is 83.0 cm³/mol. The van der Waals surface area contributed by atoms with Crippen LogP contribution >= 0.6 is 15.2 Å². The van der Waals surface area contributed by atoms with Gasteiger partial charge in [0.25, 0.3) is 0 Å². The maximum absolute atomic E-state index is 11.0. The average molecular weight is 356 g/mol. The van der Waals surface area contributed by atoms with Gasteiger partial charge in [-0.25, -0.2) is 0 Å². The lowest BCUT2D eigenvalue weighted by atomic mass is 10.1. The summed E-state index contributed by atoms with van der Waals surface area (Å²) in [5, 5.41) is 0. The van der Waals surface area contributed by atoms with E-state index in [0.717, 1.165) is 0 Å². The highest BCUT2D eigenvalue weighted by atomic mass is 31.2. The molecule has 22 heavy (non-hydrogen) atoms. The first-order chi connectivity index (χ1) is 9.93. The summed E-state index contributed by atoms with van der Waals surface area (Å²) in [6.45, 7) is 1.41. The van der Waals surface area contributed by atoms with Crippen LogP contribution in [-0.2, 0) is 36.8 Å². The van der Waals surface area contributed by atoms with Crippen molar-refractivity contribution in [1.29, 1.82) is 0 Å². The normalized spacial score (nSPS) is 10.5. The van der Waals surface area contributed by atoms with Crippen LogP contribution < -0.4 is 0 Å². The van der Waals surface area contributed by atoms with Crippen molar-refractivity contribution in [3.63, 3.8) is 0 Å². The third-order valence-electron chi connectivity index (χ3n) is 1.77. The Bertz CT molecular complexity index is 400. The van der Waals surface area contributed by atoms with Crippen molar-refractivity contribution in [2.75, 3.05) is 48.4 Å². The molecule has 0 aliphatic rings. The first kappa shape index (κ1) is 26.5. The third kappa shape index (κ3) is 19.6. The van der Waals surface area contributed by atoms with Gasteiger partial charge in [0.15, 0.2) is 7.85 Å². The highest BCUT2D eigenvalue weighted by molar-refractivity contribution is 7.55. The first-order valence-corrected chi connectivity index (χ1v) is 9.16. The molecule has 0 fully saturated rings. The van der Waals surface area contributed by atoms with Gasteiger partial charge in [-0.1, -0.05) is 0 Å². The van der Waals surface area contributed by atoms with Crippen LogP contribution in [0.4, 0.5) is 4.79 Å². The summed E-state index contributed by atoms with van der Waals surface area (Å²) < 4.78 is 43.1. The number of carbonyl (C=O) groups excluding carboxylic acids is 2. The zero-order valence-corrected chi connectivity index (χ0v) is 15.2. The van der Waals surface area contributed by atoms with E-state index in [-0.39, 0.29) is 6.16 Å². The Morgan fingerprint density at radius 2 is 1.18 bits per heavy atom. The molecule has 0 aromatic rings. The number of ether oxygens (including phenoxy) is 1. The van der Waals surface area contributed by atoms with E-state index in [4.69, 9.17) is 7.85 Å². The quantitative estimate of drug-likeness (QED) is 0.511. The molecular weight excluding hydrogens is 336 g/mol. The van der Waals surface area contributed by atoms with Gasteiger partial charge >= 0.3 is 15.2 Å². The van der Waals surface area contributed by atoms with E-state index < -0.39 is 26.7 Å². The van der Waals surface area contributed by atoms with E-state index in [9.17, 15) is 18.7 Å². The summed E-state index contributed by atoms with van der Waals surface area (Å²) in [6, 6.07) is 0. The minimum Gasteiger partial charge on any atom is -0.478 e. The van der Waals surface area contributed by atoms with E-state index >= 15 is 0 Å². The molecule has 0 bridgehead atoms. The van der Waals surface area contributed by atoms with Gasteiger partial charge in [-0.2, -0.15) is 0 Å². The number of rotatable bonds is 6. The summed E-state index contributed by atoms with van der Waals surface area (Å²) in [7, 11) is 9.65. The molecular formula is C9H20B2O9P2. The zero-order valence-electron chi connectivity index (χ0n) is 13.4. The van der Waals surface area contributed by atoms with Crippen LogP contribution in [0.25, 0.3) is 0 Å². The third-order valence-corrected chi connectivity index (χ3v) is 4.91. The highest BCUT2D eigenvalue weighted by Crippen LogP contribution is 2.45. The fourth-order valence-corrected chi connectivity index (χ4v) is 1.41. The van der Waals surface area contributed by atoms with Gasteiger partial charge in [-0.3, -0.25) is 13.9 Å². The second-order valence-corrected chi connectivity index (χ2v) is 7.80. The van der Waals surface area contributed by atoms with E-state index in [1.54, 1.807) is 0 Å². The summed E-state index contributed by atoms with van der Waals surface area (Å²) in [5.41, 5.74) is -0.702. The van der Waals surface area contributed by atoms with Gasteiger partial charge < -0.3 is 27.6 Å². The Morgan fingerprint density at radius 1 is 0.864 bits per heavy atom. The van der Waals surface area contributed by atoms with Crippen molar-refractivity contribution in [3.8, 4) is 0 Å². The van der Waals surface area contributed by atoms with E-state index in [0.29, 0.717) is 0 Å². The van der Waals surface area contributed by atoms with Crippen LogP contribution in [0.3, 0.4) is 0 Å². The predicted octanol–water partition coefficient (Wildman–Crippen LogP) is 1.19. The molecule has 9 nitrogen and oxygen atoms in total. The summed E-state index contributed by atoms with van der Waals surface area (Å²) >= 11 is 0.